The molecule has 1 heterocycles. The number of anilines is 1. The minimum absolute atomic E-state index is 0.111. The SMILES string of the molecule is CC(C)(C)OC(=O)Nc1ccc(-c2cc(O)[nH]c2O)cc1. The van der Waals surface area contributed by atoms with Crippen LogP contribution in [0.2, 0.25) is 0 Å². The van der Waals surface area contributed by atoms with Gasteiger partial charge in [-0.15, -0.1) is 0 Å². The first-order valence-electron chi connectivity index (χ1n) is 6.46. The highest BCUT2D eigenvalue weighted by molar-refractivity contribution is 5.85. The maximum absolute atomic E-state index is 11.6. The third kappa shape index (κ3) is 3.92. The summed E-state index contributed by atoms with van der Waals surface area (Å²) >= 11 is 0. The van der Waals surface area contributed by atoms with E-state index in [-0.39, 0.29) is 11.8 Å². The molecule has 2 aromatic rings. The van der Waals surface area contributed by atoms with Gasteiger partial charge < -0.3 is 14.9 Å². The third-order valence-corrected chi connectivity index (χ3v) is 2.62. The first-order chi connectivity index (χ1) is 9.74. The van der Waals surface area contributed by atoms with E-state index >= 15 is 0 Å². The number of carbonyl (C=O) groups excluding carboxylic acids is 1. The quantitative estimate of drug-likeness (QED) is 0.681. The van der Waals surface area contributed by atoms with E-state index in [0.717, 1.165) is 0 Å². The standard InChI is InChI=1S/C15H18N2O4/c1-15(2,3)21-14(20)16-10-6-4-9(5-7-10)11-8-12(18)17-13(11)19/h4-8,17-19H,1-3H3,(H,16,20). The van der Waals surface area contributed by atoms with Gasteiger partial charge in [0, 0.05) is 17.3 Å². The number of rotatable bonds is 2. The Morgan fingerprint density at radius 3 is 2.29 bits per heavy atom. The summed E-state index contributed by atoms with van der Waals surface area (Å²) < 4.78 is 5.15. The lowest BCUT2D eigenvalue weighted by Crippen LogP contribution is -2.27. The minimum atomic E-state index is -0.557. The van der Waals surface area contributed by atoms with Gasteiger partial charge in [0.25, 0.3) is 0 Å². The Bertz CT molecular complexity index is 639. The summed E-state index contributed by atoms with van der Waals surface area (Å²) in [5, 5.41) is 21.5. The predicted molar refractivity (Wildman–Crippen MR) is 79.4 cm³/mol. The Balaban J connectivity index is 2.09. The summed E-state index contributed by atoms with van der Waals surface area (Å²) in [7, 11) is 0. The molecular formula is C15H18N2O4. The second-order valence-electron chi connectivity index (χ2n) is 5.62. The van der Waals surface area contributed by atoms with E-state index in [1.807, 2.05) is 0 Å². The van der Waals surface area contributed by atoms with Crippen molar-refractivity contribution < 1.29 is 19.7 Å². The van der Waals surface area contributed by atoms with Gasteiger partial charge in [0.05, 0.1) is 0 Å². The normalized spacial score (nSPS) is 11.2. The van der Waals surface area contributed by atoms with Gasteiger partial charge in [0.15, 0.2) is 11.8 Å². The summed E-state index contributed by atoms with van der Waals surface area (Å²) in [5.41, 5.74) is 1.21. The van der Waals surface area contributed by atoms with Crippen LogP contribution in [0.5, 0.6) is 11.8 Å². The molecule has 1 amide bonds. The molecule has 0 unspecified atom stereocenters. The van der Waals surface area contributed by atoms with Gasteiger partial charge in [-0.05, 0) is 38.5 Å². The van der Waals surface area contributed by atoms with Crippen LogP contribution in [0, 0.1) is 0 Å². The molecule has 1 aromatic heterocycles. The highest BCUT2D eigenvalue weighted by atomic mass is 16.6. The maximum Gasteiger partial charge on any atom is 0.412 e. The molecule has 0 radical (unpaired) electrons. The number of amides is 1. The lowest BCUT2D eigenvalue weighted by atomic mass is 10.1. The fourth-order valence-corrected chi connectivity index (χ4v) is 1.80. The van der Waals surface area contributed by atoms with E-state index < -0.39 is 11.7 Å². The number of nitrogens with one attached hydrogen (secondary N) is 2. The summed E-state index contributed by atoms with van der Waals surface area (Å²) in [6.07, 6.45) is -0.530. The Kier molecular flexibility index (Phi) is 3.80. The van der Waals surface area contributed by atoms with Crippen molar-refractivity contribution in [2.45, 2.75) is 26.4 Å². The number of hydrogen-bond donors (Lipinski definition) is 4. The number of hydrogen-bond acceptors (Lipinski definition) is 4. The monoisotopic (exact) mass is 290 g/mol. The van der Waals surface area contributed by atoms with Crippen molar-refractivity contribution in [3.63, 3.8) is 0 Å². The molecule has 112 valence electrons. The van der Waals surface area contributed by atoms with E-state index in [2.05, 4.69) is 10.3 Å². The van der Waals surface area contributed by atoms with Crippen LogP contribution >= 0.6 is 0 Å². The van der Waals surface area contributed by atoms with Crippen LogP contribution in [-0.2, 0) is 4.74 Å². The molecule has 6 nitrogen and oxygen atoms in total. The third-order valence-electron chi connectivity index (χ3n) is 2.62. The molecule has 0 aliphatic heterocycles. The molecule has 1 aromatic carbocycles. The van der Waals surface area contributed by atoms with Crippen LogP contribution in [0.4, 0.5) is 10.5 Å². The second kappa shape index (κ2) is 5.40. The maximum atomic E-state index is 11.6. The smallest absolute Gasteiger partial charge is 0.412 e. The van der Waals surface area contributed by atoms with E-state index in [1.54, 1.807) is 45.0 Å². The molecule has 0 fully saturated rings. The first kappa shape index (κ1) is 14.8. The van der Waals surface area contributed by atoms with Crippen molar-refractivity contribution in [3.05, 3.63) is 30.3 Å². The zero-order valence-corrected chi connectivity index (χ0v) is 12.1. The highest BCUT2D eigenvalue weighted by Gasteiger charge is 2.16. The number of aromatic nitrogens is 1. The number of aromatic amines is 1. The number of carbonyl (C=O) groups is 1. The molecule has 6 heteroatoms. The van der Waals surface area contributed by atoms with E-state index in [1.165, 1.54) is 6.07 Å². The molecule has 0 aliphatic carbocycles. The Labute approximate surface area is 122 Å². The van der Waals surface area contributed by atoms with Crippen molar-refractivity contribution >= 4 is 11.8 Å². The van der Waals surface area contributed by atoms with Crippen LogP contribution in [0.1, 0.15) is 20.8 Å². The van der Waals surface area contributed by atoms with E-state index in [0.29, 0.717) is 16.8 Å². The Morgan fingerprint density at radius 1 is 1.19 bits per heavy atom. The van der Waals surface area contributed by atoms with Crippen LogP contribution in [0.15, 0.2) is 30.3 Å². The summed E-state index contributed by atoms with van der Waals surface area (Å²) in [6, 6.07) is 8.22. The second-order valence-corrected chi connectivity index (χ2v) is 5.62. The van der Waals surface area contributed by atoms with Gasteiger partial charge in [-0.25, -0.2) is 4.79 Å². The van der Waals surface area contributed by atoms with Crippen molar-refractivity contribution in [2.24, 2.45) is 0 Å². The van der Waals surface area contributed by atoms with Crippen molar-refractivity contribution in [3.8, 4) is 22.9 Å². The average molecular weight is 290 g/mol. The number of H-pyrrole nitrogens is 1. The number of ether oxygens (including phenoxy) is 1. The molecule has 0 spiro atoms. The van der Waals surface area contributed by atoms with Gasteiger partial charge in [0.2, 0.25) is 0 Å². The summed E-state index contributed by atoms with van der Waals surface area (Å²) in [4.78, 5) is 14.0. The van der Waals surface area contributed by atoms with Gasteiger partial charge in [0.1, 0.15) is 5.60 Å². The Hall–Kier alpha value is -2.63. The van der Waals surface area contributed by atoms with Crippen molar-refractivity contribution in [1.82, 2.24) is 4.98 Å². The number of benzene rings is 1. The average Bonchev–Trinajstić information content (AvgIpc) is 2.67. The predicted octanol–water partition coefficient (Wildman–Crippen LogP) is 3.44. The minimum Gasteiger partial charge on any atom is -0.494 e. The van der Waals surface area contributed by atoms with Crippen molar-refractivity contribution in [1.29, 1.82) is 0 Å². The molecule has 0 aliphatic rings. The molecule has 4 N–H and O–H groups in total. The van der Waals surface area contributed by atoms with E-state index in [9.17, 15) is 15.0 Å². The molecule has 0 saturated carbocycles. The molecular weight excluding hydrogens is 272 g/mol. The van der Waals surface area contributed by atoms with Gasteiger partial charge in [-0.1, -0.05) is 12.1 Å². The van der Waals surface area contributed by atoms with Gasteiger partial charge in [-0.3, -0.25) is 10.3 Å². The zero-order valence-electron chi connectivity index (χ0n) is 12.1. The van der Waals surface area contributed by atoms with Crippen molar-refractivity contribution in [2.75, 3.05) is 5.32 Å². The van der Waals surface area contributed by atoms with Crippen LogP contribution < -0.4 is 5.32 Å². The molecule has 0 bridgehead atoms. The summed E-state index contributed by atoms with van der Waals surface area (Å²) in [6.45, 7) is 5.37. The number of aromatic hydroxyl groups is 2. The van der Waals surface area contributed by atoms with Crippen LogP contribution in [-0.4, -0.2) is 26.9 Å². The summed E-state index contributed by atoms with van der Waals surface area (Å²) in [5.74, 6) is -0.223. The Morgan fingerprint density at radius 2 is 1.81 bits per heavy atom. The van der Waals surface area contributed by atoms with Gasteiger partial charge >= 0.3 is 6.09 Å². The molecule has 0 saturated heterocycles. The highest BCUT2D eigenvalue weighted by Crippen LogP contribution is 2.32. The lowest BCUT2D eigenvalue weighted by molar-refractivity contribution is 0.0636. The largest absolute Gasteiger partial charge is 0.494 e. The fraction of sp³-hybridized carbons (Fsp3) is 0.267. The van der Waals surface area contributed by atoms with Gasteiger partial charge in [-0.2, -0.15) is 0 Å². The molecule has 2 rings (SSSR count). The van der Waals surface area contributed by atoms with Crippen LogP contribution in [0.3, 0.4) is 0 Å². The fourth-order valence-electron chi connectivity index (χ4n) is 1.80. The lowest BCUT2D eigenvalue weighted by Gasteiger charge is -2.19. The molecule has 21 heavy (non-hydrogen) atoms. The zero-order chi connectivity index (χ0) is 15.6. The van der Waals surface area contributed by atoms with E-state index in [4.69, 9.17) is 4.74 Å². The molecule has 0 atom stereocenters. The topological polar surface area (TPSA) is 94.6 Å². The van der Waals surface area contributed by atoms with Crippen LogP contribution in [0.25, 0.3) is 11.1 Å². The first-order valence-corrected chi connectivity index (χ1v) is 6.46.